The summed E-state index contributed by atoms with van der Waals surface area (Å²) in [5.74, 6) is 0.891. The van der Waals surface area contributed by atoms with Crippen molar-refractivity contribution < 1.29 is 5.11 Å². The predicted octanol–water partition coefficient (Wildman–Crippen LogP) is 1.94. The zero-order valence-electron chi connectivity index (χ0n) is 9.70. The molecule has 0 saturated heterocycles. The second-order valence-corrected chi connectivity index (χ2v) is 4.43. The van der Waals surface area contributed by atoms with E-state index >= 15 is 0 Å². The number of nitrogen functional groups attached to an aromatic ring is 1. The molecule has 0 radical (unpaired) electrons. The standard InChI is InChI=1S/C11H18BrN3O/c1-3-15(5-4-6-16)11-10(12)8(2)9(13)7-14-11/h7,16H,3-6,13H2,1-2H3. The normalized spacial score (nSPS) is 10.5. The maximum absolute atomic E-state index is 8.85. The third kappa shape index (κ3) is 2.86. The minimum Gasteiger partial charge on any atom is -0.397 e. The summed E-state index contributed by atoms with van der Waals surface area (Å²) in [6, 6.07) is 0. The van der Waals surface area contributed by atoms with E-state index in [1.807, 2.05) is 6.92 Å². The Labute approximate surface area is 105 Å². The molecular weight excluding hydrogens is 270 g/mol. The van der Waals surface area contributed by atoms with Gasteiger partial charge in [-0.2, -0.15) is 0 Å². The maximum atomic E-state index is 8.85. The van der Waals surface area contributed by atoms with E-state index in [2.05, 4.69) is 32.7 Å². The summed E-state index contributed by atoms with van der Waals surface area (Å²) in [7, 11) is 0. The molecule has 0 unspecified atom stereocenters. The number of aliphatic hydroxyl groups is 1. The fraction of sp³-hybridized carbons (Fsp3) is 0.545. The second-order valence-electron chi connectivity index (χ2n) is 3.63. The number of rotatable bonds is 5. The lowest BCUT2D eigenvalue weighted by atomic mass is 10.2. The van der Waals surface area contributed by atoms with Crippen LogP contribution in [0, 0.1) is 6.92 Å². The van der Waals surface area contributed by atoms with Gasteiger partial charge in [-0.15, -0.1) is 0 Å². The third-order valence-corrected chi connectivity index (χ3v) is 3.50. The average molecular weight is 288 g/mol. The molecule has 0 bridgehead atoms. The molecule has 0 spiro atoms. The minimum absolute atomic E-state index is 0.197. The summed E-state index contributed by atoms with van der Waals surface area (Å²) in [4.78, 5) is 6.45. The van der Waals surface area contributed by atoms with Crippen LogP contribution in [-0.2, 0) is 0 Å². The van der Waals surface area contributed by atoms with Crippen molar-refractivity contribution in [2.24, 2.45) is 0 Å². The van der Waals surface area contributed by atoms with E-state index in [4.69, 9.17) is 10.8 Å². The van der Waals surface area contributed by atoms with Crippen molar-refractivity contribution in [2.45, 2.75) is 20.3 Å². The molecule has 0 atom stereocenters. The van der Waals surface area contributed by atoms with Crippen LogP contribution in [0.4, 0.5) is 11.5 Å². The molecule has 5 heteroatoms. The molecule has 1 heterocycles. The molecule has 0 saturated carbocycles. The van der Waals surface area contributed by atoms with Gasteiger partial charge in [-0.3, -0.25) is 0 Å². The van der Waals surface area contributed by atoms with Crippen molar-refractivity contribution in [1.29, 1.82) is 0 Å². The second kappa shape index (κ2) is 6.06. The number of hydrogen-bond acceptors (Lipinski definition) is 4. The molecule has 1 aromatic heterocycles. The van der Waals surface area contributed by atoms with Gasteiger partial charge in [-0.25, -0.2) is 4.98 Å². The quantitative estimate of drug-likeness (QED) is 0.869. The van der Waals surface area contributed by atoms with Crippen LogP contribution in [-0.4, -0.2) is 29.8 Å². The number of hydrogen-bond donors (Lipinski definition) is 2. The molecule has 0 fully saturated rings. The number of aromatic nitrogens is 1. The monoisotopic (exact) mass is 287 g/mol. The minimum atomic E-state index is 0.197. The summed E-state index contributed by atoms with van der Waals surface area (Å²) in [5, 5.41) is 8.85. The summed E-state index contributed by atoms with van der Waals surface area (Å²) < 4.78 is 0.937. The van der Waals surface area contributed by atoms with Crippen LogP contribution in [0.15, 0.2) is 10.7 Å². The van der Waals surface area contributed by atoms with Crippen LogP contribution in [0.1, 0.15) is 18.9 Å². The SMILES string of the molecule is CCN(CCCO)c1ncc(N)c(C)c1Br. The van der Waals surface area contributed by atoms with Gasteiger partial charge in [-0.1, -0.05) is 0 Å². The zero-order valence-corrected chi connectivity index (χ0v) is 11.3. The summed E-state index contributed by atoms with van der Waals surface area (Å²) in [6.07, 6.45) is 2.42. The molecule has 1 rings (SSSR count). The Balaban J connectivity index is 2.96. The summed E-state index contributed by atoms with van der Waals surface area (Å²) >= 11 is 3.52. The van der Waals surface area contributed by atoms with Crippen molar-refractivity contribution >= 4 is 27.4 Å². The molecule has 0 amide bonds. The molecule has 3 N–H and O–H groups in total. The Morgan fingerprint density at radius 2 is 2.25 bits per heavy atom. The van der Waals surface area contributed by atoms with E-state index in [-0.39, 0.29) is 6.61 Å². The molecular formula is C11H18BrN3O. The van der Waals surface area contributed by atoms with Crippen molar-refractivity contribution in [3.63, 3.8) is 0 Å². The first kappa shape index (κ1) is 13.3. The van der Waals surface area contributed by atoms with Crippen molar-refractivity contribution in [3.05, 3.63) is 16.2 Å². The van der Waals surface area contributed by atoms with E-state index in [0.29, 0.717) is 5.69 Å². The lowest BCUT2D eigenvalue weighted by molar-refractivity contribution is 0.289. The van der Waals surface area contributed by atoms with Crippen LogP contribution in [0.5, 0.6) is 0 Å². The summed E-state index contributed by atoms with van der Waals surface area (Å²) in [5.41, 5.74) is 7.48. The highest BCUT2D eigenvalue weighted by atomic mass is 79.9. The zero-order chi connectivity index (χ0) is 12.1. The topological polar surface area (TPSA) is 62.4 Å². The Kier molecular flexibility index (Phi) is 5.02. The first-order chi connectivity index (χ1) is 7.61. The first-order valence-corrected chi connectivity index (χ1v) is 6.17. The van der Waals surface area contributed by atoms with Gasteiger partial charge in [0.25, 0.3) is 0 Å². The Morgan fingerprint density at radius 1 is 1.56 bits per heavy atom. The number of aliphatic hydroxyl groups excluding tert-OH is 1. The van der Waals surface area contributed by atoms with Gasteiger partial charge in [0.15, 0.2) is 0 Å². The first-order valence-electron chi connectivity index (χ1n) is 5.38. The Hall–Kier alpha value is -0.810. The lowest BCUT2D eigenvalue weighted by Gasteiger charge is -2.23. The van der Waals surface area contributed by atoms with Gasteiger partial charge < -0.3 is 15.7 Å². The highest BCUT2D eigenvalue weighted by molar-refractivity contribution is 9.10. The number of nitrogens with two attached hydrogens (primary N) is 1. The highest BCUT2D eigenvalue weighted by Gasteiger charge is 2.12. The van der Waals surface area contributed by atoms with E-state index in [9.17, 15) is 0 Å². The molecule has 0 aliphatic carbocycles. The molecule has 0 aromatic carbocycles. The van der Waals surface area contributed by atoms with Gasteiger partial charge in [0.05, 0.1) is 16.4 Å². The van der Waals surface area contributed by atoms with Crippen LogP contribution < -0.4 is 10.6 Å². The van der Waals surface area contributed by atoms with Gasteiger partial charge in [0.2, 0.25) is 0 Å². The van der Waals surface area contributed by atoms with E-state index in [1.54, 1.807) is 6.20 Å². The molecule has 90 valence electrons. The number of pyridine rings is 1. The van der Waals surface area contributed by atoms with Gasteiger partial charge >= 0.3 is 0 Å². The maximum Gasteiger partial charge on any atom is 0.143 e. The predicted molar refractivity (Wildman–Crippen MR) is 70.7 cm³/mol. The van der Waals surface area contributed by atoms with Gasteiger partial charge in [-0.05, 0) is 41.8 Å². The van der Waals surface area contributed by atoms with E-state index < -0.39 is 0 Å². The van der Waals surface area contributed by atoms with Crippen LogP contribution >= 0.6 is 15.9 Å². The number of nitrogens with zero attached hydrogens (tertiary/aromatic N) is 2. The smallest absolute Gasteiger partial charge is 0.143 e. The fourth-order valence-corrected chi connectivity index (χ4v) is 2.06. The van der Waals surface area contributed by atoms with Crippen LogP contribution in [0.3, 0.4) is 0 Å². The molecule has 0 aliphatic rings. The molecule has 16 heavy (non-hydrogen) atoms. The Bertz CT molecular complexity index is 357. The fourth-order valence-electron chi connectivity index (χ4n) is 1.47. The largest absolute Gasteiger partial charge is 0.397 e. The average Bonchev–Trinajstić information content (AvgIpc) is 2.29. The van der Waals surface area contributed by atoms with E-state index in [1.165, 1.54) is 0 Å². The lowest BCUT2D eigenvalue weighted by Crippen LogP contribution is -2.26. The van der Waals surface area contributed by atoms with Crippen molar-refractivity contribution in [3.8, 4) is 0 Å². The highest BCUT2D eigenvalue weighted by Crippen LogP contribution is 2.30. The van der Waals surface area contributed by atoms with Crippen LogP contribution in [0.25, 0.3) is 0 Å². The summed E-state index contributed by atoms with van der Waals surface area (Å²) in [6.45, 7) is 5.88. The molecule has 0 aliphatic heterocycles. The van der Waals surface area contributed by atoms with Crippen LogP contribution in [0.2, 0.25) is 0 Å². The Morgan fingerprint density at radius 3 is 2.81 bits per heavy atom. The third-order valence-electron chi connectivity index (χ3n) is 2.55. The molecule has 1 aromatic rings. The van der Waals surface area contributed by atoms with Gasteiger partial charge in [0, 0.05) is 19.7 Å². The number of halogens is 1. The number of anilines is 2. The van der Waals surface area contributed by atoms with Crippen molar-refractivity contribution in [1.82, 2.24) is 4.98 Å². The van der Waals surface area contributed by atoms with Gasteiger partial charge in [0.1, 0.15) is 5.82 Å². The van der Waals surface area contributed by atoms with Crippen molar-refractivity contribution in [2.75, 3.05) is 30.3 Å². The molecule has 4 nitrogen and oxygen atoms in total. The van der Waals surface area contributed by atoms with E-state index in [0.717, 1.165) is 35.4 Å².